The second-order valence-corrected chi connectivity index (χ2v) is 6.06. The molecule has 2 aromatic carbocycles. The van der Waals surface area contributed by atoms with E-state index in [2.05, 4.69) is 24.4 Å². The van der Waals surface area contributed by atoms with Gasteiger partial charge in [-0.3, -0.25) is 0 Å². The molecule has 0 saturated carbocycles. The predicted octanol–water partition coefficient (Wildman–Crippen LogP) is 4.04. The average Bonchev–Trinajstić information content (AvgIpc) is 3.12. The van der Waals surface area contributed by atoms with Crippen LogP contribution in [0.1, 0.15) is 18.4 Å². The lowest BCUT2D eigenvalue weighted by atomic mass is 10.2. The molecule has 0 amide bonds. The highest BCUT2D eigenvalue weighted by Crippen LogP contribution is 2.19. The zero-order valence-electron chi connectivity index (χ0n) is 14.2. The van der Waals surface area contributed by atoms with Crippen molar-refractivity contribution in [3.63, 3.8) is 0 Å². The summed E-state index contributed by atoms with van der Waals surface area (Å²) < 4.78 is 17.1. The Kier molecular flexibility index (Phi) is 5.96. The number of hydrogen-bond donors (Lipinski definition) is 1. The van der Waals surface area contributed by atoms with E-state index in [9.17, 15) is 0 Å². The van der Waals surface area contributed by atoms with Crippen molar-refractivity contribution in [3.05, 3.63) is 54.1 Å². The minimum Gasteiger partial charge on any atom is -0.492 e. The first-order valence-corrected chi connectivity index (χ1v) is 8.57. The number of ether oxygens (including phenoxy) is 3. The zero-order valence-corrected chi connectivity index (χ0v) is 14.2. The van der Waals surface area contributed by atoms with Crippen LogP contribution in [0.4, 0.5) is 5.69 Å². The molecule has 0 bridgehead atoms. The summed E-state index contributed by atoms with van der Waals surface area (Å²) in [6, 6.07) is 16.1. The van der Waals surface area contributed by atoms with Crippen LogP contribution in [0.25, 0.3) is 0 Å². The van der Waals surface area contributed by atoms with Gasteiger partial charge in [0.05, 0.1) is 6.10 Å². The largest absolute Gasteiger partial charge is 0.492 e. The molecule has 0 aromatic heterocycles. The van der Waals surface area contributed by atoms with Gasteiger partial charge in [-0.1, -0.05) is 23.8 Å². The molecule has 1 saturated heterocycles. The maximum atomic E-state index is 5.82. The second-order valence-electron chi connectivity index (χ2n) is 6.06. The summed E-state index contributed by atoms with van der Waals surface area (Å²) in [5, 5.41) is 3.36. The Morgan fingerprint density at radius 1 is 1.08 bits per heavy atom. The van der Waals surface area contributed by atoms with Crippen molar-refractivity contribution in [2.24, 2.45) is 0 Å². The first-order valence-electron chi connectivity index (χ1n) is 8.57. The third-order valence-electron chi connectivity index (χ3n) is 4.01. The lowest BCUT2D eigenvalue weighted by Crippen LogP contribution is -2.16. The van der Waals surface area contributed by atoms with Gasteiger partial charge in [-0.25, -0.2) is 0 Å². The Morgan fingerprint density at radius 2 is 1.96 bits per heavy atom. The highest BCUT2D eigenvalue weighted by atomic mass is 16.5. The molecule has 1 N–H and O–H groups in total. The van der Waals surface area contributed by atoms with Crippen LogP contribution >= 0.6 is 0 Å². The lowest BCUT2D eigenvalue weighted by molar-refractivity contribution is 0.0680. The summed E-state index contributed by atoms with van der Waals surface area (Å²) in [5.74, 6) is 1.77. The summed E-state index contributed by atoms with van der Waals surface area (Å²) in [5.41, 5.74) is 2.27. The molecular formula is C20H25NO3. The SMILES string of the molecule is Cc1ccc(OCCNc2cccc(OCC3CCCO3)c2)cc1. The normalized spacial score (nSPS) is 16.8. The molecule has 1 unspecified atom stereocenters. The highest BCUT2D eigenvalue weighted by molar-refractivity contribution is 5.48. The molecule has 0 spiro atoms. The number of anilines is 1. The molecule has 24 heavy (non-hydrogen) atoms. The molecule has 0 radical (unpaired) electrons. The summed E-state index contributed by atoms with van der Waals surface area (Å²) in [4.78, 5) is 0. The molecule has 1 heterocycles. The first-order chi connectivity index (χ1) is 11.8. The quantitative estimate of drug-likeness (QED) is 0.743. The van der Waals surface area contributed by atoms with Gasteiger partial charge in [0.25, 0.3) is 0 Å². The predicted molar refractivity (Wildman–Crippen MR) is 96.1 cm³/mol. The van der Waals surface area contributed by atoms with Crippen molar-refractivity contribution < 1.29 is 14.2 Å². The van der Waals surface area contributed by atoms with Crippen LogP contribution in [0.2, 0.25) is 0 Å². The van der Waals surface area contributed by atoms with Gasteiger partial charge >= 0.3 is 0 Å². The number of aryl methyl sites for hydroxylation is 1. The maximum absolute atomic E-state index is 5.82. The van der Waals surface area contributed by atoms with Crippen LogP contribution in [0.15, 0.2) is 48.5 Å². The summed E-state index contributed by atoms with van der Waals surface area (Å²) >= 11 is 0. The van der Waals surface area contributed by atoms with Gasteiger partial charge in [0.2, 0.25) is 0 Å². The molecule has 128 valence electrons. The Labute approximate surface area is 143 Å². The van der Waals surface area contributed by atoms with Crippen molar-refractivity contribution in [1.82, 2.24) is 0 Å². The fraction of sp³-hybridized carbons (Fsp3) is 0.400. The van der Waals surface area contributed by atoms with Crippen LogP contribution in [0.5, 0.6) is 11.5 Å². The molecule has 1 aliphatic heterocycles. The van der Waals surface area contributed by atoms with Crippen LogP contribution in [0, 0.1) is 6.92 Å². The minimum atomic E-state index is 0.240. The van der Waals surface area contributed by atoms with E-state index in [0.717, 1.165) is 43.2 Å². The van der Waals surface area contributed by atoms with Crippen molar-refractivity contribution in [1.29, 1.82) is 0 Å². The number of benzene rings is 2. The van der Waals surface area contributed by atoms with Crippen LogP contribution in [-0.2, 0) is 4.74 Å². The maximum Gasteiger partial charge on any atom is 0.121 e. The van der Waals surface area contributed by atoms with E-state index < -0.39 is 0 Å². The van der Waals surface area contributed by atoms with Crippen LogP contribution in [0.3, 0.4) is 0 Å². The van der Waals surface area contributed by atoms with Gasteiger partial charge < -0.3 is 19.5 Å². The second kappa shape index (κ2) is 8.60. The van der Waals surface area contributed by atoms with E-state index in [1.165, 1.54) is 5.56 Å². The van der Waals surface area contributed by atoms with Crippen molar-refractivity contribution >= 4 is 5.69 Å². The Balaban J connectivity index is 1.40. The van der Waals surface area contributed by atoms with Crippen molar-refractivity contribution in [2.75, 3.05) is 31.7 Å². The molecule has 0 aliphatic carbocycles. The number of hydrogen-bond acceptors (Lipinski definition) is 4. The Bertz CT molecular complexity index is 621. The van der Waals surface area contributed by atoms with E-state index >= 15 is 0 Å². The number of rotatable bonds is 8. The zero-order chi connectivity index (χ0) is 16.6. The van der Waals surface area contributed by atoms with Gasteiger partial charge in [0, 0.05) is 24.9 Å². The van der Waals surface area contributed by atoms with Crippen molar-refractivity contribution in [2.45, 2.75) is 25.9 Å². The minimum absolute atomic E-state index is 0.240. The standard InChI is InChI=1S/C20H25NO3/c1-16-7-9-18(10-8-16)23-13-11-21-17-4-2-5-19(14-17)24-15-20-6-3-12-22-20/h2,4-5,7-10,14,20-21H,3,6,11-13,15H2,1H3. The molecule has 4 nitrogen and oxygen atoms in total. The van der Waals surface area contributed by atoms with Gasteiger partial charge in [0.15, 0.2) is 0 Å². The first kappa shape index (κ1) is 16.7. The molecule has 4 heteroatoms. The topological polar surface area (TPSA) is 39.7 Å². The average molecular weight is 327 g/mol. The molecule has 1 atom stereocenters. The number of nitrogens with one attached hydrogen (secondary N) is 1. The molecule has 1 aliphatic rings. The van der Waals surface area contributed by atoms with E-state index in [4.69, 9.17) is 14.2 Å². The van der Waals surface area contributed by atoms with E-state index in [1.807, 2.05) is 36.4 Å². The smallest absolute Gasteiger partial charge is 0.121 e. The van der Waals surface area contributed by atoms with Crippen LogP contribution in [-0.4, -0.2) is 32.5 Å². The molecule has 3 rings (SSSR count). The summed E-state index contributed by atoms with van der Waals surface area (Å²) in [6.45, 7) is 4.91. The monoisotopic (exact) mass is 327 g/mol. The third-order valence-corrected chi connectivity index (χ3v) is 4.01. The third kappa shape index (κ3) is 5.17. The summed E-state index contributed by atoms with van der Waals surface area (Å²) in [7, 11) is 0. The van der Waals surface area contributed by atoms with E-state index in [1.54, 1.807) is 0 Å². The van der Waals surface area contributed by atoms with Gasteiger partial charge in [-0.05, 0) is 44.0 Å². The highest BCUT2D eigenvalue weighted by Gasteiger charge is 2.15. The summed E-state index contributed by atoms with van der Waals surface area (Å²) in [6.07, 6.45) is 2.47. The van der Waals surface area contributed by atoms with Gasteiger partial charge in [-0.2, -0.15) is 0 Å². The van der Waals surface area contributed by atoms with Crippen molar-refractivity contribution in [3.8, 4) is 11.5 Å². The van der Waals surface area contributed by atoms with Gasteiger partial charge in [-0.15, -0.1) is 0 Å². The molecular weight excluding hydrogens is 302 g/mol. The Hall–Kier alpha value is -2.20. The van der Waals surface area contributed by atoms with E-state index in [-0.39, 0.29) is 6.10 Å². The lowest BCUT2D eigenvalue weighted by Gasteiger charge is -2.13. The van der Waals surface area contributed by atoms with Gasteiger partial charge in [0.1, 0.15) is 24.7 Å². The van der Waals surface area contributed by atoms with Crippen LogP contribution < -0.4 is 14.8 Å². The molecule has 2 aromatic rings. The fourth-order valence-electron chi connectivity index (χ4n) is 2.66. The van der Waals surface area contributed by atoms with E-state index in [0.29, 0.717) is 13.2 Å². The Morgan fingerprint density at radius 3 is 2.75 bits per heavy atom. The fourth-order valence-corrected chi connectivity index (χ4v) is 2.66. The molecule has 1 fully saturated rings.